The van der Waals surface area contributed by atoms with Gasteiger partial charge in [-0.15, -0.1) is 0 Å². The van der Waals surface area contributed by atoms with Crippen molar-refractivity contribution in [2.45, 2.75) is 32.7 Å². The summed E-state index contributed by atoms with van der Waals surface area (Å²) in [7, 11) is 0. The van der Waals surface area contributed by atoms with Crippen LogP contribution in [0.4, 0.5) is 5.69 Å². The number of amides is 1. The predicted molar refractivity (Wildman–Crippen MR) is 75.1 cm³/mol. The summed E-state index contributed by atoms with van der Waals surface area (Å²) in [5.74, 6) is 0.0438. The standard InChI is InChI=1S/C14H19ClN2O/c1-10-5-6-12(15)9-13(10)16-14(18)11(2)17-7-3-4-8-17/h5-6,9,11H,3-4,7-8H2,1-2H3,(H,16,18)/t11-/m1/s1. The van der Waals surface area contributed by atoms with Crippen LogP contribution in [0, 0.1) is 6.92 Å². The molecular formula is C14H19ClN2O. The molecule has 4 heteroatoms. The van der Waals surface area contributed by atoms with E-state index >= 15 is 0 Å². The van der Waals surface area contributed by atoms with E-state index in [0.717, 1.165) is 24.3 Å². The number of halogens is 1. The molecule has 1 aromatic carbocycles. The van der Waals surface area contributed by atoms with Gasteiger partial charge < -0.3 is 5.32 Å². The van der Waals surface area contributed by atoms with Crippen LogP contribution in [-0.2, 0) is 4.79 Å². The van der Waals surface area contributed by atoms with Gasteiger partial charge in [0.1, 0.15) is 0 Å². The summed E-state index contributed by atoms with van der Waals surface area (Å²) < 4.78 is 0. The number of rotatable bonds is 3. The molecule has 1 atom stereocenters. The van der Waals surface area contributed by atoms with E-state index in [2.05, 4.69) is 10.2 Å². The van der Waals surface area contributed by atoms with E-state index in [0.29, 0.717) is 5.02 Å². The number of likely N-dealkylation sites (tertiary alicyclic amines) is 1. The molecule has 0 unspecified atom stereocenters. The number of benzene rings is 1. The van der Waals surface area contributed by atoms with Gasteiger partial charge in [0.25, 0.3) is 0 Å². The quantitative estimate of drug-likeness (QED) is 0.912. The molecule has 0 radical (unpaired) electrons. The third-order valence-electron chi connectivity index (χ3n) is 3.53. The lowest BCUT2D eigenvalue weighted by molar-refractivity contribution is -0.120. The Kier molecular flexibility index (Phi) is 4.25. The second-order valence-corrected chi connectivity index (χ2v) is 5.30. The smallest absolute Gasteiger partial charge is 0.241 e. The fourth-order valence-corrected chi connectivity index (χ4v) is 2.43. The van der Waals surface area contributed by atoms with Gasteiger partial charge in [-0.3, -0.25) is 9.69 Å². The molecule has 18 heavy (non-hydrogen) atoms. The van der Waals surface area contributed by atoms with Crippen molar-refractivity contribution in [3.8, 4) is 0 Å². The van der Waals surface area contributed by atoms with Crippen LogP contribution in [0.5, 0.6) is 0 Å². The first-order valence-corrected chi connectivity index (χ1v) is 6.77. The fraction of sp³-hybridized carbons (Fsp3) is 0.500. The lowest BCUT2D eigenvalue weighted by Gasteiger charge is -2.23. The van der Waals surface area contributed by atoms with Crippen LogP contribution in [0.25, 0.3) is 0 Å². The van der Waals surface area contributed by atoms with Crippen molar-refractivity contribution in [2.24, 2.45) is 0 Å². The van der Waals surface area contributed by atoms with Crippen molar-refractivity contribution in [1.29, 1.82) is 0 Å². The van der Waals surface area contributed by atoms with Gasteiger partial charge in [-0.25, -0.2) is 0 Å². The van der Waals surface area contributed by atoms with Crippen molar-refractivity contribution >= 4 is 23.2 Å². The Bertz CT molecular complexity index is 441. The van der Waals surface area contributed by atoms with E-state index in [1.807, 2.05) is 26.0 Å². The van der Waals surface area contributed by atoms with Crippen molar-refractivity contribution in [1.82, 2.24) is 4.90 Å². The average Bonchev–Trinajstić information content (AvgIpc) is 2.86. The van der Waals surface area contributed by atoms with E-state index in [1.54, 1.807) is 6.07 Å². The molecule has 3 nitrogen and oxygen atoms in total. The van der Waals surface area contributed by atoms with Gasteiger partial charge in [-0.2, -0.15) is 0 Å². The third-order valence-corrected chi connectivity index (χ3v) is 3.76. The summed E-state index contributed by atoms with van der Waals surface area (Å²) in [6, 6.07) is 5.46. The molecule has 1 aliphatic rings. The van der Waals surface area contributed by atoms with Gasteiger partial charge in [0.05, 0.1) is 6.04 Å². The molecule has 1 aliphatic heterocycles. The first-order valence-electron chi connectivity index (χ1n) is 6.39. The maximum absolute atomic E-state index is 12.2. The van der Waals surface area contributed by atoms with E-state index in [1.165, 1.54) is 12.8 Å². The zero-order chi connectivity index (χ0) is 13.1. The molecule has 1 heterocycles. The molecule has 1 fully saturated rings. The van der Waals surface area contributed by atoms with Crippen molar-refractivity contribution in [3.05, 3.63) is 28.8 Å². The third kappa shape index (κ3) is 3.03. The zero-order valence-corrected chi connectivity index (χ0v) is 11.6. The van der Waals surface area contributed by atoms with Crippen LogP contribution >= 0.6 is 11.6 Å². The van der Waals surface area contributed by atoms with Crippen LogP contribution < -0.4 is 5.32 Å². The minimum absolute atomic E-state index is 0.0438. The monoisotopic (exact) mass is 266 g/mol. The predicted octanol–water partition coefficient (Wildman–Crippen LogP) is 3.07. The first-order chi connectivity index (χ1) is 8.58. The Morgan fingerprint density at radius 3 is 2.72 bits per heavy atom. The fourth-order valence-electron chi connectivity index (χ4n) is 2.26. The van der Waals surface area contributed by atoms with E-state index < -0.39 is 0 Å². The zero-order valence-electron chi connectivity index (χ0n) is 10.9. The second kappa shape index (κ2) is 5.72. The Labute approximate surface area is 113 Å². The summed E-state index contributed by atoms with van der Waals surface area (Å²) in [6.45, 7) is 5.96. The average molecular weight is 267 g/mol. The van der Waals surface area contributed by atoms with Gasteiger partial charge >= 0.3 is 0 Å². The van der Waals surface area contributed by atoms with Crippen LogP contribution in [0.3, 0.4) is 0 Å². The Morgan fingerprint density at radius 2 is 2.06 bits per heavy atom. The maximum Gasteiger partial charge on any atom is 0.241 e. The highest BCUT2D eigenvalue weighted by Gasteiger charge is 2.24. The SMILES string of the molecule is Cc1ccc(Cl)cc1NC(=O)[C@@H](C)N1CCCC1. The summed E-state index contributed by atoms with van der Waals surface area (Å²) >= 11 is 5.95. The Morgan fingerprint density at radius 1 is 1.39 bits per heavy atom. The molecule has 2 rings (SSSR count). The highest BCUT2D eigenvalue weighted by atomic mass is 35.5. The Balaban J connectivity index is 2.03. The van der Waals surface area contributed by atoms with Gasteiger partial charge in [-0.1, -0.05) is 17.7 Å². The molecule has 1 N–H and O–H groups in total. The minimum atomic E-state index is -0.0779. The van der Waals surface area contributed by atoms with Crippen LogP contribution in [0.2, 0.25) is 5.02 Å². The number of nitrogens with one attached hydrogen (secondary N) is 1. The molecule has 0 spiro atoms. The first kappa shape index (κ1) is 13.4. The Hall–Kier alpha value is -1.06. The van der Waals surface area contributed by atoms with Crippen LogP contribution in [0.15, 0.2) is 18.2 Å². The molecular weight excluding hydrogens is 248 g/mol. The molecule has 1 amide bonds. The lowest BCUT2D eigenvalue weighted by atomic mass is 10.2. The molecule has 0 saturated carbocycles. The summed E-state index contributed by atoms with van der Waals surface area (Å²) in [5, 5.41) is 3.61. The highest BCUT2D eigenvalue weighted by molar-refractivity contribution is 6.31. The number of nitrogens with zero attached hydrogens (tertiary/aromatic N) is 1. The molecule has 1 aromatic rings. The highest BCUT2D eigenvalue weighted by Crippen LogP contribution is 2.21. The number of carbonyl (C=O) groups is 1. The van der Waals surface area contributed by atoms with Gasteiger partial charge in [0.15, 0.2) is 0 Å². The molecule has 0 aromatic heterocycles. The molecule has 1 saturated heterocycles. The molecule has 0 aliphatic carbocycles. The van der Waals surface area contributed by atoms with Crippen molar-refractivity contribution < 1.29 is 4.79 Å². The van der Waals surface area contributed by atoms with Gasteiger partial charge in [0, 0.05) is 10.7 Å². The number of aryl methyl sites for hydroxylation is 1. The van der Waals surface area contributed by atoms with Crippen molar-refractivity contribution in [3.63, 3.8) is 0 Å². The number of hydrogen-bond donors (Lipinski definition) is 1. The number of anilines is 1. The summed E-state index contributed by atoms with van der Waals surface area (Å²) in [5.41, 5.74) is 1.83. The van der Waals surface area contributed by atoms with Crippen LogP contribution in [0.1, 0.15) is 25.3 Å². The second-order valence-electron chi connectivity index (χ2n) is 4.87. The van der Waals surface area contributed by atoms with Gasteiger partial charge in [-0.05, 0) is 57.5 Å². The van der Waals surface area contributed by atoms with Crippen molar-refractivity contribution in [2.75, 3.05) is 18.4 Å². The minimum Gasteiger partial charge on any atom is -0.324 e. The normalized spacial score (nSPS) is 17.7. The molecule has 98 valence electrons. The van der Waals surface area contributed by atoms with E-state index in [9.17, 15) is 4.79 Å². The molecule has 0 bridgehead atoms. The maximum atomic E-state index is 12.2. The lowest BCUT2D eigenvalue weighted by Crippen LogP contribution is -2.40. The summed E-state index contributed by atoms with van der Waals surface area (Å²) in [4.78, 5) is 14.4. The van der Waals surface area contributed by atoms with E-state index in [-0.39, 0.29) is 11.9 Å². The van der Waals surface area contributed by atoms with Gasteiger partial charge in [0.2, 0.25) is 5.91 Å². The topological polar surface area (TPSA) is 32.3 Å². The van der Waals surface area contributed by atoms with Crippen LogP contribution in [-0.4, -0.2) is 29.9 Å². The number of carbonyl (C=O) groups excluding carboxylic acids is 1. The summed E-state index contributed by atoms with van der Waals surface area (Å²) in [6.07, 6.45) is 2.38. The number of hydrogen-bond acceptors (Lipinski definition) is 2. The largest absolute Gasteiger partial charge is 0.324 e. The van der Waals surface area contributed by atoms with E-state index in [4.69, 9.17) is 11.6 Å².